The molecule has 7 nitrogen and oxygen atoms in total. The Balaban J connectivity index is 1.50. The molecule has 0 N–H and O–H groups in total. The first-order chi connectivity index (χ1) is 10.7. The van der Waals surface area contributed by atoms with Gasteiger partial charge >= 0.3 is 11.4 Å². The molecule has 10 rings (SSSR count). The van der Waals surface area contributed by atoms with Crippen LogP contribution in [0.1, 0.15) is 12.1 Å². The first kappa shape index (κ1) is 9.72. The quantitative estimate of drug-likeness (QED) is 0.546. The Labute approximate surface area is 123 Å². The molecule has 7 fully saturated rings. The first-order valence-corrected chi connectivity index (χ1v) is 8.39. The smallest absolute Gasteiger partial charge is 0.347 e. The summed E-state index contributed by atoms with van der Waals surface area (Å²) < 4.78 is 17.1. The lowest BCUT2D eigenvalue weighted by Gasteiger charge is -2.48. The van der Waals surface area contributed by atoms with Crippen molar-refractivity contribution >= 4 is 0 Å². The highest BCUT2D eigenvalue weighted by Gasteiger charge is 3.11. The molecule has 5 aliphatic carbocycles. The third-order valence-corrected chi connectivity index (χ3v) is 9.02. The average molecular weight is 299 g/mol. The van der Waals surface area contributed by atoms with Gasteiger partial charge in [-0.05, 0) is 23.7 Å². The zero-order valence-corrected chi connectivity index (χ0v) is 11.7. The van der Waals surface area contributed by atoms with Crippen LogP contribution in [0, 0.1) is 34.5 Å². The Hall–Kier alpha value is -1.34. The summed E-state index contributed by atoms with van der Waals surface area (Å²) in [5, 5.41) is 0. The van der Waals surface area contributed by atoms with Crippen LogP contribution in [0.25, 0.3) is 0 Å². The molecule has 2 spiro atoms. The highest BCUT2D eigenvalue weighted by molar-refractivity contribution is 5.56. The fourth-order valence-electron chi connectivity index (χ4n) is 8.93. The van der Waals surface area contributed by atoms with Gasteiger partial charge in [-0.25, -0.2) is 23.5 Å². The minimum atomic E-state index is -0.129. The van der Waals surface area contributed by atoms with Gasteiger partial charge in [0.2, 0.25) is 0 Å². The topological polar surface area (TPSA) is 74.0 Å². The number of rotatable bonds is 0. The molecule has 0 amide bonds. The molecule has 5 heterocycles. The number of hydrogen-bond acceptors (Lipinski definition) is 4. The molecule has 5 saturated carbocycles. The van der Waals surface area contributed by atoms with Gasteiger partial charge in [0.15, 0.2) is 0 Å². The summed E-state index contributed by atoms with van der Waals surface area (Å²) in [5.41, 5.74) is -0.00465. The fraction of sp³-hybridized carbons (Fsp3) is 0.867. The van der Waals surface area contributed by atoms with Crippen LogP contribution in [-0.2, 0) is 16.5 Å². The van der Waals surface area contributed by atoms with E-state index in [1.165, 1.54) is 4.57 Å². The van der Waals surface area contributed by atoms with Crippen molar-refractivity contribution in [3.63, 3.8) is 0 Å². The summed E-state index contributed by atoms with van der Waals surface area (Å²) in [5.74, 6) is 2.61. The van der Waals surface area contributed by atoms with Crippen LogP contribution in [0.5, 0.6) is 0 Å². The second-order valence-electron chi connectivity index (χ2n) is 8.82. The number of nitrogens with zero attached hydrogens (tertiary/aromatic N) is 3. The molecule has 112 valence electrons. The Morgan fingerprint density at radius 1 is 0.864 bits per heavy atom. The lowest BCUT2D eigenvalue weighted by molar-refractivity contribution is -0.0267. The van der Waals surface area contributed by atoms with Crippen LogP contribution in [0.4, 0.5) is 0 Å². The number of fused-ring (bicyclic) bond motifs is 3. The Morgan fingerprint density at radius 2 is 1.36 bits per heavy atom. The minimum absolute atomic E-state index is 0.127. The number of aromatic nitrogens is 3. The second kappa shape index (κ2) is 2.06. The predicted octanol–water partition coefficient (Wildman–Crippen LogP) is -1.52. The van der Waals surface area contributed by atoms with Crippen LogP contribution in [0.15, 0.2) is 9.59 Å². The summed E-state index contributed by atoms with van der Waals surface area (Å²) in [6.45, 7) is 0. The molecular formula is C15H13N3O4. The van der Waals surface area contributed by atoms with Crippen LogP contribution < -0.4 is 11.4 Å². The third-order valence-electron chi connectivity index (χ3n) is 9.02. The third kappa shape index (κ3) is 0.502. The molecule has 4 aliphatic heterocycles. The highest BCUT2D eigenvalue weighted by atomic mass is 16.7. The largest absolute Gasteiger partial charge is 0.366 e. The van der Waals surface area contributed by atoms with Gasteiger partial charge in [-0.1, -0.05) is 0 Å². The molecule has 2 unspecified atom stereocenters. The van der Waals surface area contributed by atoms with E-state index in [4.69, 9.17) is 9.47 Å². The van der Waals surface area contributed by atoms with Crippen LogP contribution in [0.2, 0.25) is 0 Å². The van der Waals surface area contributed by atoms with E-state index in [0.29, 0.717) is 30.0 Å². The van der Waals surface area contributed by atoms with Crippen molar-refractivity contribution in [2.75, 3.05) is 0 Å². The number of hydrogen-bond donors (Lipinski definition) is 0. The van der Waals surface area contributed by atoms with Crippen LogP contribution in [-0.4, -0.2) is 38.3 Å². The Morgan fingerprint density at radius 3 is 1.86 bits per heavy atom. The maximum atomic E-state index is 12.7. The number of ether oxygens (including phenoxy) is 2. The van der Waals surface area contributed by atoms with Crippen molar-refractivity contribution in [1.82, 2.24) is 13.9 Å². The summed E-state index contributed by atoms with van der Waals surface area (Å²) >= 11 is 0. The summed E-state index contributed by atoms with van der Waals surface area (Å²) in [6.07, 6.45) is 1.13. The van der Waals surface area contributed by atoms with E-state index in [2.05, 4.69) is 0 Å². The van der Waals surface area contributed by atoms with E-state index in [-0.39, 0.29) is 46.5 Å². The first-order valence-electron chi connectivity index (χ1n) is 8.39. The minimum Gasteiger partial charge on any atom is -0.366 e. The normalized spacial score (nSPS) is 73.1. The van der Waals surface area contributed by atoms with E-state index in [0.717, 1.165) is 5.92 Å². The van der Waals surface area contributed by atoms with Gasteiger partial charge < -0.3 is 9.47 Å². The predicted molar refractivity (Wildman–Crippen MR) is 68.2 cm³/mol. The molecule has 7 heteroatoms. The zero-order valence-electron chi connectivity index (χ0n) is 11.7. The SMILES string of the molecule is Cn1c(=O)n2n(c1=O)[C@H]1[C@H]3C4C5[C@]6([C@@H]7O[C@@H]7[C@@H]7O[C@@H]7[C@@]516)[C@@H]2[C@@H]43. The molecule has 0 radical (unpaired) electrons. The van der Waals surface area contributed by atoms with Gasteiger partial charge in [0.1, 0.15) is 12.2 Å². The van der Waals surface area contributed by atoms with Crippen molar-refractivity contribution in [2.24, 2.45) is 41.5 Å². The Bertz CT molecular complexity index is 930. The van der Waals surface area contributed by atoms with E-state index in [9.17, 15) is 9.59 Å². The molecule has 2 bridgehead atoms. The fourth-order valence-corrected chi connectivity index (χ4v) is 8.93. The van der Waals surface area contributed by atoms with Crippen molar-refractivity contribution in [3.8, 4) is 0 Å². The molecule has 9 aliphatic rings. The van der Waals surface area contributed by atoms with E-state index in [1.54, 1.807) is 7.05 Å². The Kier molecular flexibility index (Phi) is 0.910. The monoisotopic (exact) mass is 299 g/mol. The molecule has 0 aromatic carbocycles. The average Bonchev–Trinajstić information content (AvgIpc) is 3.33. The lowest BCUT2D eigenvalue weighted by Crippen LogP contribution is -2.57. The highest BCUT2D eigenvalue weighted by Crippen LogP contribution is 3.07. The van der Waals surface area contributed by atoms with Gasteiger partial charge in [0.25, 0.3) is 0 Å². The molecule has 1 aromatic rings. The van der Waals surface area contributed by atoms with Gasteiger partial charge in [-0.3, -0.25) is 0 Å². The molecule has 22 heavy (non-hydrogen) atoms. The molecule has 1 aromatic heterocycles. The van der Waals surface area contributed by atoms with Gasteiger partial charge in [0, 0.05) is 17.9 Å². The summed E-state index contributed by atoms with van der Waals surface area (Å²) in [6, 6.07) is 0.387. The standard InChI is InChI=1S/C15H13N3O4/c1-16-12(19)17-8-3-2-4(3)9(18(17)13(16)20)15-7(2)14(8,15)10-5(21-10)6-11(15)22-6/h2-11H,1H3/t2?,3-,4-,5-,6+,7?,8-,9-,10-,11+,14+,15+/m0/s1. The van der Waals surface area contributed by atoms with Crippen LogP contribution in [0.3, 0.4) is 0 Å². The van der Waals surface area contributed by atoms with Gasteiger partial charge in [-0.2, -0.15) is 0 Å². The zero-order chi connectivity index (χ0) is 14.1. The van der Waals surface area contributed by atoms with Crippen molar-refractivity contribution in [3.05, 3.63) is 21.0 Å². The molecular weight excluding hydrogens is 286 g/mol. The molecule has 2 saturated heterocycles. The lowest BCUT2D eigenvalue weighted by atomic mass is 9.64. The maximum Gasteiger partial charge on any atom is 0.347 e. The van der Waals surface area contributed by atoms with E-state index >= 15 is 0 Å². The maximum absolute atomic E-state index is 12.7. The van der Waals surface area contributed by atoms with Gasteiger partial charge in [0.05, 0.1) is 24.3 Å². The summed E-state index contributed by atoms with van der Waals surface area (Å²) in [7, 11) is 1.61. The number of epoxide rings is 2. The van der Waals surface area contributed by atoms with E-state index in [1.807, 2.05) is 9.36 Å². The van der Waals surface area contributed by atoms with Crippen molar-refractivity contribution in [1.29, 1.82) is 0 Å². The summed E-state index contributed by atoms with van der Waals surface area (Å²) in [4.78, 5) is 25.4. The molecule has 12 atom stereocenters. The van der Waals surface area contributed by atoms with Crippen LogP contribution >= 0.6 is 0 Å². The van der Waals surface area contributed by atoms with Crippen molar-refractivity contribution in [2.45, 2.75) is 36.5 Å². The van der Waals surface area contributed by atoms with Crippen molar-refractivity contribution < 1.29 is 9.47 Å². The van der Waals surface area contributed by atoms with E-state index < -0.39 is 0 Å². The van der Waals surface area contributed by atoms with Gasteiger partial charge in [-0.15, -0.1) is 0 Å². The second-order valence-corrected chi connectivity index (χ2v) is 8.82.